The second-order valence-electron chi connectivity index (χ2n) is 26.4. The number of carboxylic acids is 1. The number of aliphatic hydroxyl groups is 1. The summed E-state index contributed by atoms with van der Waals surface area (Å²) in [5, 5.41) is 21.7. The second kappa shape index (κ2) is 43.6. The normalized spacial score (nSPS) is 20.0. The summed E-state index contributed by atoms with van der Waals surface area (Å²) in [5.74, 6) is -11.3. The van der Waals surface area contributed by atoms with Gasteiger partial charge in [-0.2, -0.15) is 0 Å². The van der Waals surface area contributed by atoms with Gasteiger partial charge >= 0.3 is 65.7 Å². The summed E-state index contributed by atoms with van der Waals surface area (Å²) < 4.78 is 94.8. The van der Waals surface area contributed by atoms with E-state index < -0.39 is 178 Å². The van der Waals surface area contributed by atoms with Gasteiger partial charge in [-0.15, -0.1) is 0 Å². The Kier molecular flexibility index (Phi) is 32.3. The van der Waals surface area contributed by atoms with Crippen molar-refractivity contribution in [3.8, 4) is 0 Å². The Morgan fingerprint density at radius 1 is 0.339 bits per heavy atom. The molecule has 2 aliphatic heterocycles. The minimum atomic E-state index is -2.29. The second-order valence-corrected chi connectivity index (χ2v) is 26.4. The lowest BCUT2D eigenvalue weighted by molar-refractivity contribution is -0.332. The molecule has 8 aromatic rings. The van der Waals surface area contributed by atoms with Crippen LogP contribution in [-0.4, -0.2) is 188 Å². The Labute approximate surface area is 661 Å². The van der Waals surface area contributed by atoms with Crippen LogP contribution in [-0.2, 0) is 85.4 Å². The van der Waals surface area contributed by atoms with E-state index in [9.17, 15) is 63.0 Å². The monoisotopic (exact) mass is 1580 g/mol. The molecule has 115 heavy (non-hydrogen) atoms. The largest absolute Gasteiger partial charge is 0.481 e. The van der Waals surface area contributed by atoms with Gasteiger partial charge in [-0.05, 0) is 110 Å². The van der Waals surface area contributed by atoms with E-state index in [0.717, 1.165) is 13.8 Å². The van der Waals surface area contributed by atoms with Crippen molar-refractivity contribution < 1.29 is 134 Å². The van der Waals surface area contributed by atoms with Crippen molar-refractivity contribution in [2.24, 2.45) is 0 Å². The molecule has 602 valence electrons. The first-order chi connectivity index (χ1) is 55.8. The third-order valence-electron chi connectivity index (χ3n) is 18.1. The minimum Gasteiger partial charge on any atom is -0.481 e. The van der Waals surface area contributed by atoms with Crippen LogP contribution in [0.3, 0.4) is 0 Å². The van der Waals surface area contributed by atoms with Crippen LogP contribution in [0.1, 0.15) is 148 Å². The summed E-state index contributed by atoms with van der Waals surface area (Å²) in [7, 11) is 0. The average molecular weight is 1580 g/mol. The van der Waals surface area contributed by atoms with Crippen LogP contribution in [0.4, 0.5) is 0 Å². The summed E-state index contributed by atoms with van der Waals surface area (Å²) in [5.41, 5.74) is -0.170. The summed E-state index contributed by atoms with van der Waals surface area (Å²) >= 11 is 0. The minimum absolute atomic E-state index is 0.000746. The highest BCUT2D eigenvalue weighted by molar-refractivity contribution is 5.94. The molecule has 14 atom stereocenters. The van der Waals surface area contributed by atoms with Crippen molar-refractivity contribution in [3.63, 3.8) is 0 Å². The van der Waals surface area contributed by atoms with E-state index >= 15 is 0 Å². The number of carbonyl (C=O) groups is 11. The maximum Gasteiger partial charge on any atom is 0.338 e. The number of benzene rings is 8. The number of ether oxygens (including phenoxy) is 15. The predicted molar refractivity (Wildman–Crippen MR) is 403 cm³/mol. The highest BCUT2D eigenvalue weighted by Crippen LogP contribution is 2.37. The van der Waals surface area contributed by atoms with Crippen LogP contribution >= 0.6 is 0 Å². The van der Waals surface area contributed by atoms with E-state index in [0.29, 0.717) is 32.1 Å². The third kappa shape index (κ3) is 25.3. The molecule has 0 amide bonds. The fourth-order valence-electron chi connectivity index (χ4n) is 12.5. The number of rotatable bonds is 39. The molecule has 2 N–H and O–H groups in total. The van der Waals surface area contributed by atoms with E-state index in [1.807, 2.05) is 0 Å². The maximum absolute atomic E-state index is 14.9. The molecule has 28 heteroatoms. The Morgan fingerprint density at radius 3 is 0.974 bits per heavy atom. The lowest BCUT2D eigenvalue weighted by Gasteiger charge is -2.46. The van der Waals surface area contributed by atoms with Crippen LogP contribution in [0.15, 0.2) is 243 Å². The van der Waals surface area contributed by atoms with Crippen molar-refractivity contribution in [3.05, 3.63) is 287 Å². The van der Waals surface area contributed by atoms with Gasteiger partial charge in [-0.3, -0.25) is 14.4 Å². The van der Waals surface area contributed by atoms with Gasteiger partial charge in [-0.25, -0.2) is 38.4 Å². The third-order valence-corrected chi connectivity index (χ3v) is 18.1. The molecule has 2 aliphatic rings. The van der Waals surface area contributed by atoms with Gasteiger partial charge in [0, 0.05) is 33.3 Å². The fourth-order valence-corrected chi connectivity index (χ4v) is 12.5. The number of esters is 10. The first kappa shape index (κ1) is 85.1. The van der Waals surface area contributed by atoms with Crippen molar-refractivity contribution in [2.45, 2.75) is 151 Å². The standard InChI is InChI=1S/C87H86O28/c1-55(88)105-65(50-52-102-86-75(113-83(98)63-45-27-13-28-46-63)72(111-81(96)61-41-23-11-24-42-61)70(109-79(94)59-37-19-9-20-38-59)66(107-86)53-103-77(92)57-33-15-7-16-34-57)69(74(106-56(2)89)85(100)101-51-32-6-4-3-5-31-49-68(90)91)115-87-76(114-84(99)64-47-29-14-30-48-64)73(112-82(97)62-43-25-12-26-44-62)71(110-80(95)60-39-21-10-22-40-60)67(108-87)54-104-78(93)58-35-17-8-18-36-58/h7-30,33-48,65-67,69-76,85-87,100H,3-6,31-32,49-54H2,1-2H3,(H,90,91). The summed E-state index contributed by atoms with van der Waals surface area (Å²) in [6.07, 6.45) is -26.0. The van der Waals surface area contributed by atoms with Crippen LogP contribution in [0.5, 0.6) is 0 Å². The van der Waals surface area contributed by atoms with Gasteiger partial charge in [0.1, 0.15) is 37.6 Å². The van der Waals surface area contributed by atoms with Gasteiger partial charge in [0.25, 0.3) is 0 Å². The highest BCUT2D eigenvalue weighted by atomic mass is 16.8. The molecule has 8 aromatic carbocycles. The molecule has 0 saturated carbocycles. The molecule has 28 nitrogen and oxygen atoms in total. The van der Waals surface area contributed by atoms with Crippen molar-refractivity contribution in [1.82, 2.24) is 0 Å². The van der Waals surface area contributed by atoms with Gasteiger partial charge in [-0.1, -0.05) is 171 Å². The van der Waals surface area contributed by atoms with Crippen molar-refractivity contribution in [1.29, 1.82) is 0 Å². The van der Waals surface area contributed by atoms with Crippen LogP contribution in [0.2, 0.25) is 0 Å². The average Bonchev–Trinajstić information content (AvgIpc) is 0.777. The molecule has 2 saturated heterocycles. The molecule has 0 aromatic heterocycles. The van der Waals surface area contributed by atoms with E-state index in [1.165, 1.54) is 146 Å². The molecule has 14 unspecified atom stereocenters. The quantitative estimate of drug-likeness (QED) is 0.0156. The lowest BCUT2D eigenvalue weighted by atomic mass is 9.96. The molecule has 0 radical (unpaired) electrons. The summed E-state index contributed by atoms with van der Waals surface area (Å²) in [6.45, 7) is -0.740. The number of hydrogen-bond acceptors (Lipinski definition) is 27. The van der Waals surface area contributed by atoms with Crippen molar-refractivity contribution in [2.75, 3.05) is 26.4 Å². The summed E-state index contributed by atoms with van der Waals surface area (Å²) in [4.78, 5) is 155. The van der Waals surface area contributed by atoms with E-state index in [2.05, 4.69) is 0 Å². The first-order valence-electron chi connectivity index (χ1n) is 37.2. The molecule has 0 bridgehead atoms. The molecular formula is C87H86O28. The maximum atomic E-state index is 14.9. The first-order valence-corrected chi connectivity index (χ1v) is 37.2. The number of aliphatic hydroxyl groups excluding tert-OH is 1. The molecule has 0 aliphatic carbocycles. The Balaban J connectivity index is 1.09. The molecule has 2 fully saturated rings. The number of hydrogen-bond donors (Lipinski definition) is 2. The van der Waals surface area contributed by atoms with E-state index in [4.69, 9.17) is 71.1 Å². The Morgan fingerprint density at radius 2 is 0.635 bits per heavy atom. The predicted octanol–water partition coefficient (Wildman–Crippen LogP) is 11.3. The van der Waals surface area contributed by atoms with Gasteiger partial charge in [0.15, 0.2) is 61.6 Å². The number of aliphatic carboxylic acids is 1. The Bertz CT molecular complexity index is 4470. The van der Waals surface area contributed by atoms with Crippen molar-refractivity contribution >= 4 is 65.7 Å². The zero-order valence-corrected chi connectivity index (χ0v) is 62.7. The lowest BCUT2D eigenvalue weighted by Crippen LogP contribution is -2.65. The zero-order chi connectivity index (χ0) is 81.4. The fraction of sp³-hybridized carbons (Fsp3) is 0.322. The van der Waals surface area contributed by atoms with E-state index in [-0.39, 0.29) is 64.0 Å². The van der Waals surface area contributed by atoms with Crippen LogP contribution in [0, 0.1) is 0 Å². The van der Waals surface area contributed by atoms with Gasteiger partial charge < -0.3 is 81.3 Å². The topological polar surface area (TPSA) is 367 Å². The van der Waals surface area contributed by atoms with Crippen LogP contribution < -0.4 is 0 Å². The number of carbonyl (C=O) groups excluding carboxylic acids is 10. The van der Waals surface area contributed by atoms with E-state index in [1.54, 1.807) is 97.1 Å². The SMILES string of the molecule is CC(=O)OC(CCOC1OC(COC(=O)c2ccccc2)C(OC(=O)c2ccccc2)C(OC(=O)c2ccccc2)C1OC(=O)c1ccccc1)C(OC1OC(COC(=O)c2ccccc2)C(OC(=O)c2ccccc2)C(OC(=O)c2ccccc2)C1OC(=O)c1ccccc1)C(OC(C)=O)C(O)OCCCCCCCCC(=O)O. The Hall–Kier alpha value is -12.3. The van der Waals surface area contributed by atoms with Gasteiger partial charge in [0.05, 0.1) is 51.1 Å². The number of unbranched alkanes of at least 4 members (excludes halogenated alkanes) is 5. The zero-order valence-electron chi connectivity index (χ0n) is 62.7. The number of carboxylic acid groups (broad SMARTS) is 1. The smallest absolute Gasteiger partial charge is 0.338 e. The van der Waals surface area contributed by atoms with Crippen LogP contribution in [0.25, 0.3) is 0 Å². The molecular weight excluding hydrogens is 1490 g/mol. The molecule has 2 heterocycles. The van der Waals surface area contributed by atoms with Gasteiger partial charge in [0.2, 0.25) is 0 Å². The summed E-state index contributed by atoms with van der Waals surface area (Å²) in [6, 6.07) is 60.5. The highest BCUT2D eigenvalue weighted by Gasteiger charge is 2.57. The molecule has 10 rings (SSSR count). The molecule has 0 spiro atoms.